The van der Waals surface area contributed by atoms with Crippen molar-refractivity contribution >= 4 is 29.1 Å². The third kappa shape index (κ3) is 3.95. The van der Waals surface area contributed by atoms with Crippen LogP contribution in [0.15, 0.2) is 36.7 Å². The second-order valence-corrected chi connectivity index (χ2v) is 7.59. The van der Waals surface area contributed by atoms with Gasteiger partial charge in [0.25, 0.3) is 0 Å². The van der Waals surface area contributed by atoms with E-state index < -0.39 is 0 Å². The molecule has 0 aromatic carbocycles. The predicted molar refractivity (Wildman–Crippen MR) is 119 cm³/mol. The quantitative estimate of drug-likeness (QED) is 0.443. The number of carbonyl (C=O) groups is 1. The van der Waals surface area contributed by atoms with Gasteiger partial charge in [-0.15, -0.1) is 0 Å². The zero-order valence-electron chi connectivity index (χ0n) is 17.8. The average molecular weight is 433 g/mol. The molecule has 5 rings (SSSR count). The number of hydrogen-bond donors (Lipinski definition) is 3. The molecule has 0 radical (unpaired) electrons. The number of fused-ring (bicyclic) bond motifs is 1. The zero-order chi connectivity index (χ0) is 22.1. The van der Waals surface area contributed by atoms with Crippen molar-refractivity contribution in [3.8, 4) is 11.4 Å². The largest absolute Gasteiger partial charge is 0.323 e. The fourth-order valence-electron chi connectivity index (χ4n) is 3.61. The molecule has 0 unspecified atom stereocenters. The van der Waals surface area contributed by atoms with E-state index in [0.717, 1.165) is 13.1 Å². The molecule has 0 spiro atoms. The minimum atomic E-state index is -0.173. The number of urea groups is 1. The molecule has 1 aliphatic heterocycles. The summed E-state index contributed by atoms with van der Waals surface area (Å²) in [4.78, 5) is 30.4. The van der Waals surface area contributed by atoms with Gasteiger partial charge in [-0.3, -0.25) is 10.4 Å². The van der Waals surface area contributed by atoms with Crippen LogP contribution in [0.2, 0.25) is 0 Å². The number of carbonyl (C=O) groups excluding carboxylic acids is 1. The minimum Gasteiger partial charge on any atom is -0.322 e. The van der Waals surface area contributed by atoms with E-state index in [1.165, 1.54) is 0 Å². The van der Waals surface area contributed by atoms with E-state index in [4.69, 9.17) is 0 Å². The number of imidazole rings is 1. The summed E-state index contributed by atoms with van der Waals surface area (Å²) >= 11 is 0. The Morgan fingerprint density at radius 3 is 2.72 bits per heavy atom. The summed E-state index contributed by atoms with van der Waals surface area (Å²) in [5, 5.41) is 17.5. The van der Waals surface area contributed by atoms with Gasteiger partial charge in [0.15, 0.2) is 17.3 Å². The maximum atomic E-state index is 12.8. The maximum Gasteiger partial charge on any atom is 0.323 e. The minimum absolute atomic E-state index is 0.173. The molecule has 0 aliphatic carbocycles. The zero-order valence-corrected chi connectivity index (χ0v) is 17.8. The van der Waals surface area contributed by atoms with E-state index in [2.05, 4.69) is 45.8 Å². The molecule has 12 nitrogen and oxygen atoms in total. The number of aryl methyl sites for hydroxylation is 1. The summed E-state index contributed by atoms with van der Waals surface area (Å²) in [5.74, 6) is 2.11. The first kappa shape index (κ1) is 19.9. The normalized spacial score (nSPS) is 14.6. The summed E-state index contributed by atoms with van der Waals surface area (Å²) in [5.41, 5.74) is 1.87. The molecule has 12 heteroatoms. The fraction of sp³-hybridized carbons (Fsp3) is 0.300. The van der Waals surface area contributed by atoms with Gasteiger partial charge < -0.3 is 15.1 Å². The second kappa shape index (κ2) is 8.23. The van der Waals surface area contributed by atoms with Gasteiger partial charge in [-0.2, -0.15) is 10.2 Å². The van der Waals surface area contributed by atoms with E-state index in [-0.39, 0.29) is 6.03 Å². The highest BCUT2D eigenvalue weighted by Crippen LogP contribution is 2.30. The highest BCUT2D eigenvalue weighted by molar-refractivity contribution is 5.89. The van der Waals surface area contributed by atoms with Crippen molar-refractivity contribution in [1.29, 1.82) is 0 Å². The first-order valence-electron chi connectivity index (χ1n) is 10.3. The number of likely N-dealkylation sites (N-methyl/N-ethyl adjacent to an activating group) is 1. The molecule has 0 saturated carbocycles. The number of aromatic amines is 1. The Morgan fingerprint density at radius 2 is 1.94 bits per heavy atom. The number of nitrogens with zero attached hydrogens (tertiary/aromatic N) is 8. The predicted octanol–water partition coefficient (Wildman–Crippen LogP) is 1.74. The molecule has 0 bridgehead atoms. The number of H-pyrrole nitrogens is 1. The van der Waals surface area contributed by atoms with Crippen molar-refractivity contribution in [3.63, 3.8) is 0 Å². The van der Waals surface area contributed by atoms with Crippen molar-refractivity contribution in [2.45, 2.75) is 6.92 Å². The van der Waals surface area contributed by atoms with Crippen molar-refractivity contribution in [1.82, 2.24) is 44.6 Å². The molecule has 32 heavy (non-hydrogen) atoms. The van der Waals surface area contributed by atoms with Crippen LogP contribution in [0.5, 0.6) is 0 Å². The van der Waals surface area contributed by atoms with E-state index in [1.807, 2.05) is 19.2 Å². The van der Waals surface area contributed by atoms with Crippen LogP contribution in [0.1, 0.15) is 5.82 Å². The lowest BCUT2D eigenvalue weighted by Crippen LogP contribution is -2.48. The van der Waals surface area contributed by atoms with Crippen molar-refractivity contribution in [2.24, 2.45) is 0 Å². The average Bonchev–Trinajstić information content (AvgIpc) is 3.41. The van der Waals surface area contributed by atoms with E-state index in [9.17, 15) is 4.79 Å². The van der Waals surface area contributed by atoms with Crippen molar-refractivity contribution in [3.05, 3.63) is 42.5 Å². The summed E-state index contributed by atoms with van der Waals surface area (Å²) in [7, 11) is 2.05. The lowest BCUT2D eigenvalue weighted by atomic mass is 10.2. The van der Waals surface area contributed by atoms with Crippen LogP contribution in [-0.4, -0.2) is 83.8 Å². The van der Waals surface area contributed by atoms with Gasteiger partial charge in [0.2, 0.25) is 0 Å². The molecule has 4 aromatic rings. The fourth-order valence-corrected chi connectivity index (χ4v) is 3.61. The molecule has 164 valence electrons. The van der Waals surface area contributed by atoms with Crippen LogP contribution in [0, 0.1) is 6.92 Å². The number of anilines is 3. The van der Waals surface area contributed by atoms with Crippen LogP contribution in [0.4, 0.5) is 22.2 Å². The molecule has 1 saturated heterocycles. The summed E-state index contributed by atoms with van der Waals surface area (Å²) in [6, 6.07) is 7.03. The summed E-state index contributed by atoms with van der Waals surface area (Å²) in [6.45, 7) is 4.82. The summed E-state index contributed by atoms with van der Waals surface area (Å²) in [6.07, 6.45) is 3.40. The lowest BCUT2D eigenvalue weighted by Gasteiger charge is -2.32. The maximum absolute atomic E-state index is 12.8. The Kier molecular flexibility index (Phi) is 5.11. The molecular formula is C20H23N11O. The third-order valence-corrected chi connectivity index (χ3v) is 5.25. The first-order chi connectivity index (χ1) is 15.6. The van der Waals surface area contributed by atoms with Gasteiger partial charge in [0, 0.05) is 50.7 Å². The number of rotatable bonds is 4. The first-order valence-corrected chi connectivity index (χ1v) is 10.3. The standard InChI is InChI=1S/C20H23N11O/c1-13-23-14(12-16(24-13)26-20(32)30-10-8-29(2)9-11-30)18-19(25-15-5-7-21-28-15)27-17-4-3-6-22-31(17)18/h3-7,12H,8-11H2,1-2H3,(H2,21,25,28)(H,23,24,26,32). The van der Waals surface area contributed by atoms with Crippen LogP contribution >= 0.6 is 0 Å². The van der Waals surface area contributed by atoms with Gasteiger partial charge in [-0.1, -0.05) is 0 Å². The second-order valence-electron chi connectivity index (χ2n) is 7.59. The van der Waals surface area contributed by atoms with Crippen LogP contribution in [0.25, 0.3) is 17.0 Å². The Hall–Kier alpha value is -4.06. The number of piperazine rings is 1. The van der Waals surface area contributed by atoms with Gasteiger partial charge in [0.05, 0.1) is 5.69 Å². The summed E-state index contributed by atoms with van der Waals surface area (Å²) < 4.78 is 1.70. The third-order valence-electron chi connectivity index (χ3n) is 5.25. The highest BCUT2D eigenvalue weighted by Gasteiger charge is 2.22. The van der Waals surface area contributed by atoms with Crippen LogP contribution in [0.3, 0.4) is 0 Å². The molecule has 2 amide bonds. The smallest absolute Gasteiger partial charge is 0.322 e. The Morgan fingerprint density at radius 1 is 1.09 bits per heavy atom. The van der Waals surface area contributed by atoms with Crippen molar-refractivity contribution < 1.29 is 4.79 Å². The van der Waals surface area contributed by atoms with Gasteiger partial charge in [0.1, 0.15) is 17.3 Å². The molecule has 3 N–H and O–H groups in total. The molecule has 1 aliphatic rings. The van der Waals surface area contributed by atoms with Gasteiger partial charge >= 0.3 is 6.03 Å². The van der Waals surface area contributed by atoms with Gasteiger partial charge in [-0.25, -0.2) is 24.3 Å². The number of hydrogen-bond acceptors (Lipinski definition) is 8. The molecule has 5 heterocycles. The van der Waals surface area contributed by atoms with E-state index >= 15 is 0 Å². The Labute approximate surface area is 183 Å². The Bertz CT molecular complexity index is 1240. The topological polar surface area (TPSA) is 132 Å². The highest BCUT2D eigenvalue weighted by atomic mass is 16.2. The Balaban J connectivity index is 1.50. The molecule has 1 fully saturated rings. The van der Waals surface area contributed by atoms with Crippen LogP contribution in [-0.2, 0) is 0 Å². The number of aromatic nitrogens is 7. The molecular weight excluding hydrogens is 410 g/mol. The lowest BCUT2D eigenvalue weighted by molar-refractivity contribution is 0.164. The monoisotopic (exact) mass is 433 g/mol. The number of amides is 2. The van der Waals surface area contributed by atoms with Crippen LogP contribution < -0.4 is 10.6 Å². The van der Waals surface area contributed by atoms with Gasteiger partial charge in [-0.05, 0) is 26.1 Å². The SMILES string of the molecule is Cc1nc(NC(=O)N2CCN(C)CC2)cc(-c2c(Nc3cc[nH]n3)nc3cccnn23)n1. The van der Waals surface area contributed by atoms with Crippen molar-refractivity contribution in [2.75, 3.05) is 43.9 Å². The molecule has 4 aromatic heterocycles. The van der Waals surface area contributed by atoms with E-state index in [1.54, 1.807) is 40.9 Å². The van der Waals surface area contributed by atoms with E-state index in [0.29, 0.717) is 53.4 Å². The molecule has 0 atom stereocenters. The number of nitrogens with one attached hydrogen (secondary N) is 3.